The third-order valence-electron chi connectivity index (χ3n) is 7.33. The molecule has 1 saturated heterocycles. The normalized spacial score (nSPS) is 32.7. The summed E-state index contributed by atoms with van der Waals surface area (Å²) in [7, 11) is 0. The van der Waals surface area contributed by atoms with E-state index in [-0.39, 0.29) is 12.4 Å². The predicted octanol–water partition coefficient (Wildman–Crippen LogP) is 3.94. The zero-order valence-electron chi connectivity index (χ0n) is 14.8. The summed E-state index contributed by atoms with van der Waals surface area (Å²) in [5.74, 6) is 1.79. The van der Waals surface area contributed by atoms with Crippen molar-refractivity contribution < 1.29 is 32.7 Å². The second-order valence-electron chi connectivity index (χ2n) is 8.85. The van der Waals surface area contributed by atoms with Crippen LogP contribution in [0, 0.1) is 11.8 Å². The first-order valence-corrected chi connectivity index (χ1v) is 17.1. The molecule has 2 heteroatoms. The van der Waals surface area contributed by atoms with Gasteiger partial charge >= 0.3 is 147 Å². The first-order valence-electron chi connectivity index (χ1n) is 10.1. The van der Waals surface area contributed by atoms with E-state index in [1.54, 1.807) is 27.7 Å². The van der Waals surface area contributed by atoms with Crippen molar-refractivity contribution in [1.82, 2.24) is 0 Å². The molecule has 0 amide bonds. The van der Waals surface area contributed by atoms with Gasteiger partial charge in [-0.25, -0.2) is 0 Å². The summed E-state index contributed by atoms with van der Waals surface area (Å²) in [6, 6.07) is 0. The predicted molar refractivity (Wildman–Crippen MR) is 95.5 cm³/mol. The van der Waals surface area contributed by atoms with Crippen LogP contribution < -0.4 is 12.4 Å². The fourth-order valence-electron chi connectivity index (χ4n) is 5.81. The van der Waals surface area contributed by atoms with E-state index < -0.39 is 20.3 Å². The molecule has 129 valence electrons. The molecule has 0 bridgehead atoms. The van der Waals surface area contributed by atoms with Crippen molar-refractivity contribution in [2.45, 2.75) is 67.9 Å². The Bertz CT molecular complexity index is 580. The Morgan fingerprint density at radius 3 is 1.62 bits per heavy atom. The Balaban J connectivity index is 0.00000146. The number of halogens is 1. The fraction of sp³-hybridized carbons (Fsp3) is 0.636. The molecule has 1 heterocycles. The average molecular weight is 421 g/mol. The number of allylic oxidation sites excluding steroid dienone is 8. The van der Waals surface area contributed by atoms with Crippen molar-refractivity contribution >= 4 is 0 Å². The molecule has 5 rings (SSSR count). The third kappa shape index (κ3) is 3.25. The molecule has 2 unspecified atom stereocenters. The van der Waals surface area contributed by atoms with E-state index in [1.807, 2.05) is 11.1 Å². The van der Waals surface area contributed by atoms with Gasteiger partial charge in [-0.2, -0.15) is 0 Å². The standard InChI is InChI=1S/2C10H13.C2H4.ClH.Zr/c2*1-8-6-7-9-4-2-3-5-10(8)9;1-2;;/h2*6-8H,1-5H2;1-2H2;1H;/q;;;;+1/p-1. The van der Waals surface area contributed by atoms with Gasteiger partial charge in [0.1, 0.15) is 0 Å². The molecular formula is C22H30ClZr. The first-order chi connectivity index (χ1) is 11.3. The molecule has 0 N–H and O–H groups in total. The summed E-state index contributed by atoms with van der Waals surface area (Å²) >= 11 is -1.72. The maximum Gasteiger partial charge on any atom is -1.00 e. The van der Waals surface area contributed by atoms with Gasteiger partial charge in [-0.3, -0.25) is 0 Å². The van der Waals surface area contributed by atoms with E-state index in [0.29, 0.717) is 0 Å². The van der Waals surface area contributed by atoms with E-state index in [0.717, 1.165) is 11.8 Å². The maximum absolute atomic E-state index is 2.61. The topological polar surface area (TPSA) is 0 Å². The zero-order chi connectivity index (χ0) is 15.3. The largest absolute Gasteiger partial charge is 1.00 e. The summed E-state index contributed by atoms with van der Waals surface area (Å²) < 4.78 is 6.73. The molecule has 0 nitrogen and oxygen atoms in total. The van der Waals surface area contributed by atoms with Crippen molar-refractivity contribution in [3.05, 3.63) is 46.6 Å². The van der Waals surface area contributed by atoms with Crippen LogP contribution in [0.4, 0.5) is 0 Å². The molecule has 2 atom stereocenters. The maximum atomic E-state index is 2.61. The van der Waals surface area contributed by atoms with E-state index in [1.165, 1.54) is 51.4 Å². The molecule has 0 aromatic carbocycles. The summed E-state index contributed by atoms with van der Waals surface area (Å²) in [5, 5.41) is 0. The van der Waals surface area contributed by atoms with Gasteiger partial charge in [0.05, 0.1) is 0 Å². The zero-order valence-corrected chi connectivity index (χ0v) is 18.0. The average Bonchev–Trinajstić information content (AvgIpc) is 3.04. The summed E-state index contributed by atoms with van der Waals surface area (Å²) in [6.45, 7) is 0. The molecular weight excluding hydrogens is 391 g/mol. The van der Waals surface area contributed by atoms with Crippen molar-refractivity contribution in [2.24, 2.45) is 11.8 Å². The minimum atomic E-state index is -1.72. The summed E-state index contributed by atoms with van der Waals surface area (Å²) in [5.41, 5.74) is 7.28. The van der Waals surface area contributed by atoms with Crippen molar-refractivity contribution in [1.29, 1.82) is 0 Å². The molecule has 5 aliphatic rings. The molecule has 0 aromatic heterocycles. The van der Waals surface area contributed by atoms with Gasteiger partial charge in [-0.1, -0.05) is 0 Å². The molecule has 0 aromatic rings. The van der Waals surface area contributed by atoms with Crippen LogP contribution in [0.1, 0.15) is 51.4 Å². The second-order valence-corrected chi connectivity index (χ2v) is 20.7. The van der Waals surface area contributed by atoms with Crippen LogP contribution in [-0.2, 0) is 20.3 Å². The molecule has 24 heavy (non-hydrogen) atoms. The number of hydrogen-bond acceptors (Lipinski definition) is 0. The van der Waals surface area contributed by atoms with Gasteiger partial charge in [0.2, 0.25) is 0 Å². The van der Waals surface area contributed by atoms with Crippen molar-refractivity contribution in [3.63, 3.8) is 0 Å². The summed E-state index contributed by atoms with van der Waals surface area (Å²) in [4.78, 5) is 0. The SMILES string of the molecule is C1=CC([CH2][Zr+]2([CH2]C3C=CC4=C3CCCC4)[CH2][CH2]2)C2=C1CCCC2.[Cl-]. The number of hydrogen-bond donors (Lipinski definition) is 0. The van der Waals surface area contributed by atoms with Crippen molar-refractivity contribution in [3.8, 4) is 0 Å². The first kappa shape index (κ1) is 17.5. The fourth-order valence-corrected chi connectivity index (χ4v) is 20.7. The molecule has 1 aliphatic heterocycles. The third-order valence-corrected chi connectivity index (χ3v) is 18.5. The van der Waals surface area contributed by atoms with Crippen LogP contribution in [0.15, 0.2) is 46.6 Å². The van der Waals surface area contributed by atoms with Gasteiger partial charge in [0, 0.05) is 0 Å². The smallest absolute Gasteiger partial charge is 1.00 e. The van der Waals surface area contributed by atoms with Crippen molar-refractivity contribution in [2.75, 3.05) is 0 Å². The van der Waals surface area contributed by atoms with Gasteiger partial charge in [-0.05, 0) is 0 Å². The number of rotatable bonds is 4. The Morgan fingerprint density at radius 2 is 1.17 bits per heavy atom. The van der Waals surface area contributed by atoms with E-state index in [9.17, 15) is 0 Å². The Hall–Kier alpha value is 0.133. The van der Waals surface area contributed by atoms with Crippen LogP contribution in [0.5, 0.6) is 0 Å². The molecule has 0 radical (unpaired) electrons. The Morgan fingerprint density at radius 1 is 0.708 bits per heavy atom. The molecule has 0 spiro atoms. The van der Waals surface area contributed by atoms with E-state index >= 15 is 0 Å². The van der Waals surface area contributed by atoms with Crippen LogP contribution in [0.25, 0.3) is 0 Å². The minimum absolute atomic E-state index is 0. The Kier molecular flexibility index (Phi) is 5.14. The van der Waals surface area contributed by atoms with Gasteiger partial charge in [-0.15, -0.1) is 0 Å². The summed E-state index contributed by atoms with van der Waals surface area (Å²) in [6.07, 6.45) is 21.7. The Labute approximate surface area is 158 Å². The van der Waals surface area contributed by atoms with Gasteiger partial charge < -0.3 is 12.4 Å². The quantitative estimate of drug-likeness (QED) is 0.646. The van der Waals surface area contributed by atoms with Crippen LogP contribution in [0.3, 0.4) is 0 Å². The monoisotopic (exact) mass is 419 g/mol. The van der Waals surface area contributed by atoms with Gasteiger partial charge in [0.15, 0.2) is 0 Å². The second kappa shape index (κ2) is 7.04. The molecule has 1 fully saturated rings. The van der Waals surface area contributed by atoms with Crippen LogP contribution in [0.2, 0.25) is 16.5 Å². The van der Waals surface area contributed by atoms with Crippen LogP contribution >= 0.6 is 0 Å². The minimum Gasteiger partial charge on any atom is -1.00 e. The molecule has 4 aliphatic carbocycles. The van der Waals surface area contributed by atoms with E-state index in [4.69, 9.17) is 0 Å². The molecule has 0 saturated carbocycles. The van der Waals surface area contributed by atoms with E-state index in [2.05, 4.69) is 24.3 Å². The van der Waals surface area contributed by atoms with Gasteiger partial charge in [0.25, 0.3) is 0 Å². The van der Waals surface area contributed by atoms with Crippen LogP contribution in [-0.4, -0.2) is 0 Å².